The molecule has 1 aliphatic heterocycles. The highest BCUT2D eigenvalue weighted by Crippen LogP contribution is 2.40. The van der Waals surface area contributed by atoms with Gasteiger partial charge in [-0.1, -0.05) is 35.9 Å². The first-order valence-corrected chi connectivity index (χ1v) is 40.7. The van der Waals surface area contributed by atoms with Gasteiger partial charge in [-0.3, -0.25) is 33.5 Å². The molecule has 0 bridgehead atoms. The third-order valence-corrected chi connectivity index (χ3v) is 22.5. The smallest absolute Gasteiger partial charge is 0.488 e. The van der Waals surface area contributed by atoms with Crippen molar-refractivity contribution in [3.63, 3.8) is 0 Å². The summed E-state index contributed by atoms with van der Waals surface area (Å²) in [5.74, 6) is -2.25. The molecule has 1 fully saturated rings. The van der Waals surface area contributed by atoms with Crippen LogP contribution in [-0.2, 0) is 114 Å². The lowest BCUT2D eigenvalue weighted by Gasteiger charge is -2.32. The number of aromatic nitrogens is 3. The first-order valence-electron chi connectivity index (χ1n) is 37.9. The number of hydrogen-bond acceptors (Lipinski definition) is 19. The number of fused-ring (bicyclic) bond motifs is 3. The second-order valence-corrected chi connectivity index (χ2v) is 35.3. The van der Waals surface area contributed by atoms with Gasteiger partial charge in [-0.15, -0.1) is 0 Å². The molecule has 0 amide bonds. The molecule has 119 heavy (non-hydrogen) atoms. The first-order chi connectivity index (χ1) is 56.3. The van der Waals surface area contributed by atoms with Gasteiger partial charge in [0.2, 0.25) is 0 Å². The van der Waals surface area contributed by atoms with Gasteiger partial charge in [0.05, 0.1) is 77.3 Å². The Balaban J connectivity index is 0.000000173. The molecule has 0 radical (unpaired) electrons. The Morgan fingerprint density at radius 2 is 0.933 bits per heavy atom. The molecule has 31 heteroatoms. The molecule has 6 aromatic carbocycles. The van der Waals surface area contributed by atoms with Crippen molar-refractivity contribution in [3.8, 4) is 39.5 Å². The molecule has 0 saturated carbocycles. The van der Waals surface area contributed by atoms with Crippen molar-refractivity contribution in [1.29, 1.82) is 0 Å². The number of nitrogens with two attached hydrogens (primary N) is 1. The summed E-state index contributed by atoms with van der Waals surface area (Å²) in [6.45, 7) is 23.8. The maximum Gasteiger partial charge on any atom is 0.498 e. The number of carbonyl (C=O) groups excluding carboxylic acids is 2. The minimum atomic E-state index is -1.27. The minimum absolute atomic E-state index is 0.0145. The molecule has 2 atom stereocenters. The van der Waals surface area contributed by atoms with Crippen molar-refractivity contribution in [3.05, 3.63) is 255 Å². The summed E-state index contributed by atoms with van der Waals surface area (Å²) < 4.78 is 166. The van der Waals surface area contributed by atoms with Crippen molar-refractivity contribution < 1.29 is 100 Å². The van der Waals surface area contributed by atoms with Crippen LogP contribution in [0.1, 0.15) is 134 Å². The van der Waals surface area contributed by atoms with Gasteiger partial charge < -0.3 is 57.1 Å². The number of benzene rings is 6. The van der Waals surface area contributed by atoms with E-state index in [1.165, 1.54) is 66.7 Å². The van der Waals surface area contributed by atoms with Crippen LogP contribution in [0.25, 0.3) is 55.2 Å². The fourth-order valence-electron chi connectivity index (χ4n) is 12.2. The van der Waals surface area contributed by atoms with E-state index >= 15 is 0 Å². The predicted octanol–water partition coefficient (Wildman–Crippen LogP) is 18.0. The zero-order valence-electron chi connectivity index (χ0n) is 67.6. The van der Waals surface area contributed by atoms with E-state index in [1.54, 1.807) is 93.1 Å². The third-order valence-electron chi connectivity index (χ3n) is 18.8. The van der Waals surface area contributed by atoms with Gasteiger partial charge in [0.1, 0.15) is 71.3 Å². The Labute approximate surface area is 694 Å². The molecule has 0 unspecified atom stereocenters. The minimum Gasteiger partial charge on any atom is -0.488 e. The van der Waals surface area contributed by atoms with Gasteiger partial charge in [0.25, 0.3) is 18.0 Å². The predicted molar refractivity (Wildman–Crippen MR) is 443 cm³/mol. The number of aryl methyl sites for hydroxylation is 1. The topological polar surface area (TPSA) is 286 Å². The summed E-state index contributed by atoms with van der Waals surface area (Å²) in [5.41, 5.74) is 14.4. The van der Waals surface area contributed by atoms with Crippen LogP contribution in [0.4, 0.5) is 26.3 Å². The average Bonchev–Trinajstić information content (AvgIpc) is 1.54. The van der Waals surface area contributed by atoms with Crippen molar-refractivity contribution >= 4 is 96.8 Å². The number of ether oxygens (including phenoxy) is 5. The number of esters is 2. The van der Waals surface area contributed by atoms with Crippen LogP contribution >= 0.6 is 11.6 Å². The van der Waals surface area contributed by atoms with Crippen LogP contribution in [-0.4, -0.2) is 93.2 Å². The Morgan fingerprint density at radius 1 is 0.521 bits per heavy atom. The first kappa shape index (κ1) is 90.6. The number of rotatable bonds is 27. The van der Waals surface area contributed by atoms with Crippen molar-refractivity contribution in [2.45, 2.75) is 162 Å². The van der Waals surface area contributed by atoms with Crippen LogP contribution < -0.4 is 30.1 Å². The summed E-state index contributed by atoms with van der Waals surface area (Å²) in [4.78, 5) is 47.7. The number of aliphatic carboxylic acids is 1. The fraction of sp³-hybridized carbons (Fsp3) is 0.318. The van der Waals surface area contributed by atoms with E-state index in [1.807, 2.05) is 81.4 Å². The highest BCUT2D eigenvalue weighted by molar-refractivity contribution is 7.86. The van der Waals surface area contributed by atoms with E-state index in [0.29, 0.717) is 111 Å². The van der Waals surface area contributed by atoms with Gasteiger partial charge >= 0.3 is 25.0 Å². The summed E-state index contributed by atoms with van der Waals surface area (Å²) in [7, 11) is -2.87. The molecule has 6 aromatic heterocycles. The van der Waals surface area contributed by atoms with E-state index in [-0.39, 0.29) is 87.4 Å². The number of carboxylic acid groups (broad SMARTS) is 1. The monoisotopic (exact) mass is 1700 g/mol. The molecular weight excluding hydrogens is 1610 g/mol. The Hall–Kier alpha value is -10.7. The standard InChI is InChI=1S/C29H30F2N2O5S.C25H27BF2O6.C23H18F2N2O4.C11H16ClNOS/c1-5-36-27(34)14-20-6-7-22(30)15-25(20)37-17-18-10-21-13-26(31)38-28(21)24(11-18)19-8-9-32-23(12-19)16-33-39(35)29(2,3)4;1-6-30-22(29)12-16-7-8-18(27)13-20(16)31-14-15-9-17-11-21(28)32-23(17)19(10-15)26-33-24(2,3)25(4,5)34-26;24-17-2-1-15(9-22(28)29)20(10-17)30-12-13-5-16-8-21(25)31-23(16)19(6-13)14-3-4-27-18(7-14)11-26;1-11(2,3)15(14)7-5-10-8-9(12)4-6-13-10/h6-13,15,33H,5,14,16-17H2,1-4H3;7-11,13H,6,12,14H2,1-5H3;1-8,10H,9,11-12,26H2,(H,28,29);4,6,8H,5,7H2,1-3H3/t39-;;;15-/m0..1/s1. The Kier molecular flexibility index (Phi) is 30.4. The molecule has 1 aliphatic rings. The molecule has 0 aliphatic carbocycles. The van der Waals surface area contributed by atoms with E-state index in [0.717, 1.165) is 22.9 Å². The molecular formula is C88H91BClF6N5O16S2. The van der Waals surface area contributed by atoms with E-state index in [2.05, 4.69) is 19.7 Å². The molecule has 0 spiro atoms. The lowest BCUT2D eigenvalue weighted by atomic mass is 9.77. The molecule has 12 aromatic rings. The number of nitrogens with one attached hydrogen (secondary N) is 1. The normalized spacial score (nSPS) is 13.5. The second kappa shape index (κ2) is 39.9. The molecule has 13 rings (SSSR count). The van der Waals surface area contributed by atoms with Crippen LogP contribution in [0, 0.1) is 35.5 Å². The van der Waals surface area contributed by atoms with E-state index in [4.69, 9.17) is 68.7 Å². The lowest BCUT2D eigenvalue weighted by molar-refractivity contribution is -0.143. The van der Waals surface area contributed by atoms with Gasteiger partial charge in [0, 0.05) is 149 Å². The number of nitrogens with zero attached hydrogens (tertiary/aromatic N) is 3. The van der Waals surface area contributed by atoms with Gasteiger partial charge in [-0.05, 0) is 196 Å². The molecule has 1 saturated heterocycles. The highest BCUT2D eigenvalue weighted by Gasteiger charge is 2.52. The van der Waals surface area contributed by atoms with Gasteiger partial charge in [-0.2, -0.15) is 13.2 Å². The molecule has 628 valence electrons. The van der Waals surface area contributed by atoms with E-state index in [9.17, 15) is 49.1 Å². The summed E-state index contributed by atoms with van der Waals surface area (Å²) in [6, 6.07) is 34.5. The number of pyridine rings is 3. The van der Waals surface area contributed by atoms with Crippen LogP contribution in [0.15, 0.2) is 177 Å². The number of hydrogen-bond donors (Lipinski definition) is 3. The summed E-state index contributed by atoms with van der Waals surface area (Å²) in [6.07, 6.45) is 5.21. The van der Waals surface area contributed by atoms with Crippen LogP contribution in [0.5, 0.6) is 17.2 Å². The third kappa shape index (κ3) is 25.0. The second-order valence-electron chi connectivity index (χ2n) is 30.5. The molecule has 7 heterocycles. The number of carbonyl (C=O) groups is 3. The number of halogens is 7. The van der Waals surface area contributed by atoms with Crippen molar-refractivity contribution in [2.24, 2.45) is 5.73 Å². The van der Waals surface area contributed by atoms with Gasteiger partial charge in [-0.25, -0.2) is 22.1 Å². The Morgan fingerprint density at radius 3 is 1.36 bits per heavy atom. The maximum absolute atomic E-state index is 14.1. The maximum atomic E-state index is 14.1. The quantitative estimate of drug-likeness (QED) is 0.0245. The average molecular weight is 1700 g/mol. The SMILES string of the molecule is CC(C)(C)[S@](=O)CCc1cc(Cl)ccn1.CCOC(=O)Cc1ccc(F)cc1OCc1cc(-c2ccnc(CN[S@@](=O)C(C)(C)C)c2)c2oc(F)cc2c1.CCOC(=O)Cc1ccc(F)cc1OCc1cc(B2OC(C)(C)C(C)(C)O2)c2oc(F)cc2c1.NCc1cc(-c2cc(COc3cc(F)ccc3CC(=O)O)cc3cc(F)oc23)ccn1. The molecule has 4 N–H and O–H groups in total. The van der Waals surface area contributed by atoms with Crippen molar-refractivity contribution in [1.82, 2.24) is 19.7 Å². The highest BCUT2D eigenvalue weighted by atomic mass is 35.5. The zero-order chi connectivity index (χ0) is 86.3. The molecule has 21 nitrogen and oxygen atoms in total. The number of furan rings is 3. The lowest BCUT2D eigenvalue weighted by Crippen LogP contribution is -2.41. The Bertz CT molecular complexity index is 5660. The largest absolute Gasteiger partial charge is 0.498 e. The van der Waals surface area contributed by atoms with E-state index < -0.39 is 98.3 Å². The summed E-state index contributed by atoms with van der Waals surface area (Å²) in [5, 5.41) is 11.3. The van der Waals surface area contributed by atoms with Gasteiger partial charge in [0.15, 0.2) is 0 Å². The number of carboxylic acids is 1. The van der Waals surface area contributed by atoms with Crippen LogP contribution in [0.2, 0.25) is 5.02 Å². The van der Waals surface area contributed by atoms with Crippen molar-refractivity contribution in [2.75, 3.05) is 19.0 Å². The zero-order valence-corrected chi connectivity index (χ0v) is 70.0. The fourth-order valence-corrected chi connectivity index (χ4v) is 14.1. The summed E-state index contributed by atoms with van der Waals surface area (Å²) >= 11 is 5.83. The van der Waals surface area contributed by atoms with Crippen LogP contribution in [0.3, 0.4) is 0 Å².